The van der Waals surface area contributed by atoms with E-state index >= 15 is 0 Å². The van der Waals surface area contributed by atoms with Gasteiger partial charge in [0.15, 0.2) is 0 Å². The van der Waals surface area contributed by atoms with Crippen LogP contribution in [0.1, 0.15) is 19.3 Å². The molecular weight excluding hydrogens is 164 g/mol. The summed E-state index contributed by atoms with van der Waals surface area (Å²) in [6, 6.07) is 2.30. The van der Waals surface area contributed by atoms with Gasteiger partial charge in [0.1, 0.15) is 0 Å². The summed E-state index contributed by atoms with van der Waals surface area (Å²) in [7, 11) is 0. The van der Waals surface area contributed by atoms with E-state index in [-0.39, 0.29) is 0 Å². The largest absolute Gasteiger partial charge is 0.396 e. The number of fused-ring (bicyclic) bond motifs is 1. The Morgan fingerprint density at radius 1 is 1.23 bits per heavy atom. The van der Waals surface area contributed by atoms with Crippen molar-refractivity contribution in [2.75, 3.05) is 26.2 Å². The van der Waals surface area contributed by atoms with E-state index < -0.39 is 0 Å². The second-order valence-corrected chi connectivity index (χ2v) is 4.61. The van der Waals surface area contributed by atoms with E-state index in [0.29, 0.717) is 12.6 Å². The third-order valence-corrected chi connectivity index (χ3v) is 4.12. The first-order chi connectivity index (χ1) is 6.40. The second-order valence-electron chi connectivity index (χ2n) is 4.61. The van der Waals surface area contributed by atoms with E-state index in [1.807, 2.05) is 0 Å². The summed E-state index contributed by atoms with van der Waals surface area (Å²) >= 11 is 0. The van der Waals surface area contributed by atoms with Gasteiger partial charge in [-0.3, -0.25) is 9.80 Å². The number of hydrogen-bond donors (Lipinski definition) is 1. The minimum absolute atomic E-state index is 0.357. The van der Waals surface area contributed by atoms with E-state index in [9.17, 15) is 0 Å². The van der Waals surface area contributed by atoms with Gasteiger partial charge in [0.05, 0.1) is 0 Å². The molecule has 5 atom stereocenters. The zero-order valence-electron chi connectivity index (χ0n) is 8.02. The Morgan fingerprint density at radius 2 is 2.15 bits per heavy atom. The van der Waals surface area contributed by atoms with Gasteiger partial charge < -0.3 is 5.11 Å². The van der Waals surface area contributed by atoms with Crippen LogP contribution in [0.25, 0.3) is 0 Å². The highest BCUT2D eigenvalue weighted by Gasteiger charge is 2.48. The van der Waals surface area contributed by atoms with Crippen molar-refractivity contribution in [2.24, 2.45) is 0 Å². The molecule has 0 aromatic rings. The van der Waals surface area contributed by atoms with E-state index in [2.05, 4.69) is 9.80 Å². The summed E-state index contributed by atoms with van der Waals surface area (Å²) in [5, 5.41) is 9.03. The predicted octanol–water partition coefficient (Wildman–Crippen LogP) is -0.100. The quantitative estimate of drug-likeness (QED) is 0.646. The van der Waals surface area contributed by atoms with Crippen molar-refractivity contribution < 1.29 is 5.11 Å². The minimum atomic E-state index is 0.357. The Bertz CT molecular complexity index is 209. The lowest BCUT2D eigenvalue weighted by atomic mass is 9.97. The Kier molecular flexibility index (Phi) is 1.86. The molecule has 0 amide bonds. The maximum absolute atomic E-state index is 9.03. The van der Waals surface area contributed by atoms with Gasteiger partial charge in [-0.2, -0.15) is 0 Å². The number of rotatable bonds is 2. The maximum Gasteiger partial charge on any atom is 0.0446 e. The standard InChI is InChI=1S/C10H18N2O/c13-6-3-9-10-2-1-8-7-11(9)4-5-12(8)10/h8-10,13H,1-7H2. The first kappa shape index (κ1) is 8.21. The number of piperazine rings is 3. The average Bonchev–Trinajstić information content (AvgIpc) is 2.51. The molecule has 4 aliphatic heterocycles. The van der Waals surface area contributed by atoms with E-state index in [1.165, 1.54) is 32.5 Å². The molecule has 0 aromatic carbocycles. The van der Waals surface area contributed by atoms with Crippen LogP contribution >= 0.6 is 0 Å². The summed E-state index contributed by atoms with van der Waals surface area (Å²) < 4.78 is 0. The molecule has 4 aliphatic rings. The second kappa shape index (κ2) is 2.94. The summed E-state index contributed by atoms with van der Waals surface area (Å²) in [5.41, 5.74) is 0. The van der Waals surface area contributed by atoms with E-state index in [0.717, 1.165) is 18.5 Å². The van der Waals surface area contributed by atoms with Gasteiger partial charge in [-0.05, 0) is 19.3 Å². The molecule has 5 unspecified atom stereocenters. The molecule has 3 nitrogen and oxygen atoms in total. The molecule has 0 spiro atoms. The van der Waals surface area contributed by atoms with Crippen molar-refractivity contribution in [2.45, 2.75) is 37.4 Å². The van der Waals surface area contributed by atoms with Crippen LogP contribution in [0, 0.1) is 0 Å². The van der Waals surface area contributed by atoms with E-state index in [4.69, 9.17) is 5.11 Å². The fourth-order valence-electron chi connectivity index (χ4n) is 3.58. The minimum Gasteiger partial charge on any atom is -0.396 e. The number of aliphatic hydroxyl groups is 1. The average molecular weight is 182 g/mol. The molecule has 4 fully saturated rings. The zero-order chi connectivity index (χ0) is 8.84. The molecule has 3 heteroatoms. The van der Waals surface area contributed by atoms with Gasteiger partial charge in [0.25, 0.3) is 0 Å². The summed E-state index contributed by atoms with van der Waals surface area (Å²) in [4.78, 5) is 5.30. The molecule has 4 rings (SSSR count). The number of aliphatic hydroxyl groups excluding tert-OH is 1. The highest BCUT2D eigenvalue weighted by molar-refractivity contribution is 5.05. The molecule has 4 heterocycles. The summed E-state index contributed by atoms with van der Waals surface area (Å²) in [6.07, 6.45) is 3.74. The van der Waals surface area contributed by atoms with Gasteiger partial charge in [0.2, 0.25) is 0 Å². The van der Waals surface area contributed by atoms with Crippen LogP contribution in [0.15, 0.2) is 0 Å². The van der Waals surface area contributed by atoms with Crippen molar-refractivity contribution >= 4 is 0 Å². The first-order valence-electron chi connectivity index (χ1n) is 5.51. The highest BCUT2D eigenvalue weighted by atomic mass is 16.3. The van der Waals surface area contributed by atoms with E-state index in [1.54, 1.807) is 0 Å². The summed E-state index contributed by atoms with van der Waals surface area (Å²) in [6.45, 7) is 4.13. The van der Waals surface area contributed by atoms with Crippen LogP contribution in [0.2, 0.25) is 0 Å². The molecule has 0 radical (unpaired) electrons. The predicted molar refractivity (Wildman–Crippen MR) is 50.6 cm³/mol. The molecule has 74 valence electrons. The SMILES string of the molecule is OCCC1C2CCC3CN1CCN32. The number of hydrogen-bond acceptors (Lipinski definition) is 3. The Balaban J connectivity index is 1.82. The zero-order valence-corrected chi connectivity index (χ0v) is 8.02. The molecular formula is C10H18N2O. The van der Waals surface area contributed by atoms with Gasteiger partial charge in [-0.25, -0.2) is 0 Å². The molecule has 4 saturated heterocycles. The van der Waals surface area contributed by atoms with Gasteiger partial charge in [0, 0.05) is 44.4 Å². The fraction of sp³-hybridized carbons (Fsp3) is 1.00. The monoisotopic (exact) mass is 182 g/mol. The van der Waals surface area contributed by atoms with Crippen molar-refractivity contribution in [1.29, 1.82) is 0 Å². The lowest BCUT2D eigenvalue weighted by molar-refractivity contribution is -0.0481. The van der Waals surface area contributed by atoms with Crippen LogP contribution in [-0.2, 0) is 0 Å². The van der Waals surface area contributed by atoms with Gasteiger partial charge in [-0.15, -0.1) is 0 Å². The lowest BCUT2D eigenvalue weighted by Gasteiger charge is -2.52. The first-order valence-corrected chi connectivity index (χ1v) is 5.51. The maximum atomic E-state index is 9.03. The highest BCUT2D eigenvalue weighted by Crippen LogP contribution is 2.38. The molecule has 1 N–H and O–H groups in total. The number of nitrogens with zero attached hydrogens (tertiary/aromatic N) is 2. The Labute approximate surface area is 79.3 Å². The van der Waals surface area contributed by atoms with Crippen molar-refractivity contribution in [1.82, 2.24) is 9.80 Å². The smallest absolute Gasteiger partial charge is 0.0446 e. The van der Waals surface area contributed by atoms with Crippen LogP contribution in [0.5, 0.6) is 0 Å². The Hall–Kier alpha value is -0.120. The van der Waals surface area contributed by atoms with Gasteiger partial charge >= 0.3 is 0 Å². The molecule has 0 aromatic heterocycles. The molecule has 13 heavy (non-hydrogen) atoms. The molecule has 0 aliphatic carbocycles. The van der Waals surface area contributed by atoms with Crippen LogP contribution in [0.3, 0.4) is 0 Å². The van der Waals surface area contributed by atoms with Crippen molar-refractivity contribution in [3.05, 3.63) is 0 Å². The molecule has 4 bridgehead atoms. The third kappa shape index (κ3) is 1.07. The van der Waals surface area contributed by atoms with Gasteiger partial charge in [-0.1, -0.05) is 0 Å². The third-order valence-electron chi connectivity index (χ3n) is 4.12. The normalized spacial score (nSPS) is 52.8. The van der Waals surface area contributed by atoms with Crippen LogP contribution in [0.4, 0.5) is 0 Å². The summed E-state index contributed by atoms with van der Waals surface area (Å²) in [5.74, 6) is 0. The van der Waals surface area contributed by atoms with Crippen molar-refractivity contribution in [3.8, 4) is 0 Å². The molecule has 0 saturated carbocycles. The Morgan fingerprint density at radius 3 is 3.00 bits per heavy atom. The van der Waals surface area contributed by atoms with Crippen LogP contribution in [-0.4, -0.2) is 59.3 Å². The van der Waals surface area contributed by atoms with Crippen molar-refractivity contribution in [3.63, 3.8) is 0 Å². The fourth-order valence-corrected chi connectivity index (χ4v) is 3.58. The van der Waals surface area contributed by atoms with Crippen LogP contribution < -0.4 is 0 Å². The lowest BCUT2D eigenvalue weighted by Crippen LogP contribution is -2.66. The topological polar surface area (TPSA) is 26.7 Å².